The van der Waals surface area contributed by atoms with E-state index in [0.29, 0.717) is 24.4 Å². The number of benzene rings is 2. The zero-order valence-corrected chi connectivity index (χ0v) is 14.1. The third-order valence-electron chi connectivity index (χ3n) is 4.26. The Morgan fingerprint density at radius 3 is 2.16 bits per heavy atom. The van der Waals surface area contributed by atoms with Crippen molar-refractivity contribution in [1.82, 2.24) is 10.2 Å². The number of carbonyl (C=O) groups is 2. The summed E-state index contributed by atoms with van der Waals surface area (Å²) < 4.78 is 5.06. The van der Waals surface area contributed by atoms with Crippen molar-refractivity contribution in [2.24, 2.45) is 0 Å². The number of hydrogen-bond donors (Lipinski definition) is 1. The van der Waals surface area contributed by atoms with Gasteiger partial charge in [-0.25, -0.2) is 4.79 Å². The number of amides is 3. The van der Waals surface area contributed by atoms with Crippen molar-refractivity contribution in [3.63, 3.8) is 0 Å². The first-order valence-corrected chi connectivity index (χ1v) is 8.21. The Morgan fingerprint density at radius 2 is 1.56 bits per heavy atom. The maximum atomic E-state index is 12.3. The summed E-state index contributed by atoms with van der Waals surface area (Å²) in [7, 11) is 1.56. The zero-order valence-electron chi connectivity index (χ0n) is 14.1. The Bertz CT molecular complexity index is 723. The fourth-order valence-electron chi connectivity index (χ4n) is 2.80. The molecule has 0 unspecified atom stereocenters. The van der Waals surface area contributed by atoms with Gasteiger partial charge < -0.3 is 14.5 Å². The van der Waals surface area contributed by atoms with Crippen LogP contribution in [0.4, 0.5) is 10.5 Å². The highest BCUT2D eigenvalue weighted by Crippen LogP contribution is 2.16. The van der Waals surface area contributed by atoms with Crippen molar-refractivity contribution in [3.8, 4) is 5.75 Å². The van der Waals surface area contributed by atoms with Gasteiger partial charge in [0.25, 0.3) is 5.91 Å². The number of piperazine rings is 1. The number of anilines is 1. The summed E-state index contributed by atoms with van der Waals surface area (Å²) in [4.78, 5) is 28.4. The minimum atomic E-state index is -0.404. The van der Waals surface area contributed by atoms with Gasteiger partial charge in [0.1, 0.15) is 5.75 Å². The zero-order chi connectivity index (χ0) is 17.6. The lowest BCUT2D eigenvalue weighted by molar-refractivity contribution is 0.0951. The predicted molar refractivity (Wildman–Crippen MR) is 96.1 cm³/mol. The molecule has 1 fully saturated rings. The molecule has 1 aliphatic rings. The van der Waals surface area contributed by atoms with E-state index in [2.05, 4.69) is 22.3 Å². The number of imide groups is 1. The highest BCUT2D eigenvalue weighted by Gasteiger charge is 2.22. The fourth-order valence-corrected chi connectivity index (χ4v) is 2.80. The first kappa shape index (κ1) is 16.8. The highest BCUT2D eigenvalue weighted by molar-refractivity contribution is 6.04. The molecule has 1 N–H and O–H groups in total. The maximum absolute atomic E-state index is 12.3. The van der Waals surface area contributed by atoms with Crippen LogP contribution in [0, 0.1) is 0 Å². The Kier molecular flexibility index (Phi) is 5.18. The van der Waals surface area contributed by atoms with Crippen LogP contribution >= 0.6 is 0 Å². The number of methoxy groups -OCH3 is 1. The Hall–Kier alpha value is -3.02. The minimum absolute atomic E-state index is 0.353. The molecule has 25 heavy (non-hydrogen) atoms. The molecule has 2 aromatic carbocycles. The van der Waals surface area contributed by atoms with Gasteiger partial charge >= 0.3 is 6.03 Å². The van der Waals surface area contributed by atoms with Crippen molar-refractivity contribution in [3.05, 3.63) is 60.2 Å². The summed E-state index contributed by atoms with van der Waals surface area (Å²) in [6, 6.07) is 16.4. The molecule has 1 heterocycles. The topological polar surface area (TPSA) is 61.9 Å². The predicted octanol–water partition coefficient (Wildman–Crippen LogP) is 2.37. The van der Waals surface area contributed by atoms with Crippen molar-refractivity contribution in [1.29, 1.82) is 0 Å². The molecule has 3 amide bonds. The largest absolute Gasteiger partial charge is 0.497 e. The van der Waals surface area contributed by atoms with Gasteiger partial charge in [0, 0.05) is 37.4 Å². The van der Waals surface area contributed by atoms with E-state index >= 15 is 0 Å². The van der Waals surface area contributed by atoms with Crippen LogP contribution in [0.1, 0.15) is 10.4 Å². The average Bonchev–Trinajstić information content (AvgIpc) is 2.68. The van der Waals surface area contributed by atoms with Crippen molar-refractivity contribution in [2.45, 2.75) is 0 Å². The van der Waals surface area contributed by atoms with Crippen molar-refractivity contribution < 1.29 is 14.3 Å². The van der Waals surface area contributed by atoms with Crippen LogP contribution in [0.5, 0.6) is 5.75 Å². The van der Waals surface area contributed by atoms with Gasteiger partial charge in [0.2, 0.25) is 0 Å². The average molecular weight is 339 g/mol. The van der Waals surface area contributed by atoms with E-state index in [9.17, 15) is 9.59 Å². The van der Waals surface area contributed by atoms with Gasteiger partial charge in [0.05, 0.1) is 7.11 Å². The van der Waals surface area contributed by atoms with Gasteiger partial charge in [-0.2, -0.15) is 0 Å². The molecule has 0 atom stereocenters. The van der Waals surface area contributed by atoms with Crippen LogP contribution in [0.2, 0.25) is 0 Å². The number of para-hydroxylation sites is 1. The lowest BCUT2D eigenvalue weighted by Crippen LogP contribution is -2.52. The molecule has 3 rings (SSSR count). The second-order valence-electron chi connectivity index (χ2n) is 5.80. The molecule has 6 nitrogen and oxygen atoms in total. The number of urea groups is 1. The van der Waals surface area contributed by atoms with Crippen LogP contribution in [-0.4, -0.2) is 50.1 Å². The molecule has 0 aromatic heterocycles. The smallest absolute Gasteiger partial charge is 0.324 e. The molecule has 6 heteroatoms. The summed E-state index contributed by atoms with van der Waals surface area (Å²) in [5.41, 5.74) is 1.58. The second-order valence-corrected chi connectivity index (χ2v) is 5.80. The SMILES string of the molecule is COc1ccc(C(=O)NC(=O)N2CCN(c3ccccc3)CC2)cc1. The monoisotopic (exact) mass is 339 g/mol. The summed E-state index contributed by atoms with van der Waals surface area (Å²) >= 11 is 0. The van der Waals surface area contributed by atoms with Gasteiger partial charge in [-0.3, -0.25) is 10.1 Å². The first-order valence-electron chi connectivity index (χ1n) is 8.21. The van der Waals surface area contributed by atoms with E-state index in [1.807, 2.05) is 18.2 Å². The first-order chi connectivity index (χ1) is 12.2. The molecule has 1 saturated heterocycles. The van der Waals surface area contributed by atoms with E-state index in [4.69, 9.17) is 4.74 Å². The quantitative estimate of drug-likeness (QED) is 0.933. The summed E-state index contributed by atoms with van der Waals surface area (Å²) in [5.74, 6) is 0.262. The van der Waals surface area contributed by atoms with Crippen molar-refractivity contribution >= 4 is 17.6 Å². The van der Waals surface area contributed by atoms with Gasteiger partial charge in [-0.1, -0.05) is 18.2 Å². The third kappa shape index (κ3) is 4.09. The van der Waals surface area contributed by atoms with E-state index in [0.717, 1.165) is 18.8 Å². The number of rotatable bonds is 3. The fraction of sp³-hybridized carbons (Fsp3) is 0.263. The molecular formula is C19H21N3O3. The minimum Gasteiger partial charge on any atom is -0.497 e. The van der Waals surface area contributed by atoms with Crippen molar-refractivity contribution in [2.75, 3.05) is 38.2 Å². The molecule has 130 valence electrons. The molecule has 2 aromatic rings. The molecule has 0 spiro atoms. The number of carbonyl (C=O) groups excluding carboxylic acids is 2. The molecule has 0 bridgehead atoms. The molecular weight excluding hydrogens is 318 g/mol. The summed E-state index contributed by atoms with van der Waals surface area (Å²) in [6.45, 7) is 2.65. The van der Waals surface area contributed by atoms with Gasteiger partial charge in [0.15, 0.2) is 0 Å². The van der Waals surface area contributed by atoms with Crippen LogP contribution in [0.3, 0.4) is 0 Å². The Morgan fingerprint density at radius 1 is 0.920 bits per heavy atom. The lowest BCUT2D eigenvalue weighted by Gasteiger charge is -2.35. The van der Waals surface area contributed by atoms with E-state index in [1.54, 1.807) is 36.3 Å². The standard InChI is InChI=1S/C19H21N3O3/c1-25-17-9-7-15(8-10-17)18(23)20-19(24)22-13-11-21(12-14-22)16-5-3-2-4-6-16/h2-10H,11-14H2,1H3,(H,20,23,24). The Labute approximate surface area is 147 Å². The van der Waals surface area contributed by atoms with E-state index in [1.165, 1.54) is 0 Å². The third-order valence-corrected chi connectivity index (χ3v) is 4.26. The molecule has 0 aliphatic carbocycles. The lowest BCUT2D eigenvalue weighted by atomic mass is 10.2. The number of nitrogens with one attached hydrogen (secondary N) is 1. The van der Waals surface area contributed by atoms with Crippen LogP contribution < -0.4 is 15.0 Å². The van der Waals surface area contributed by atoms with Gasteiger partial charge in [-0.05, 0) is 36.4 Å². The molecule has 0 radical (unpaired) electrons. The second kappa shape index (κ2) is 7.70. The summed E-state index contributed by atoms with van der Waals surface area (Å²) in [6.07, 6.45) is 0. The van der Waals surface area contributed by atoms with E-state index in [-0.39, 0.29) is 6.03 Å². The highest BCUT2D eigenvalue weighted by atomic mass is 16.5. The number of hydrogen-bond acceptors (Lipinski definition) is 4. The Balaban J connectivity index is 1.53. The molecule has 0 saturated carbocycles. The number of nitrogens with zero attached hydrogens (tertiary/aromatic N) is 2. The van der Waals surface area contributed by atoms with Crippen LogP contribution in [0.15, 0.2) is 54.6 Å². The normalized spacial score (nSPS) is 14.1. The number of ether oxygens (including phenoxy) is 1. The molecule has 1 aliphatic heterocycles. The maximum Gasteiger partial charge on any atom is 0.324 e. The van der Waals surface area contributed by atoms with Crippen LogP contribution in [0.25, 0.3) is 0 Å². The summed E-state index contributed by atoms with van der Waals surface area (Å²) in [5, 5.41) is 2.45. The van der Waals surface area contributed by atoms with E-state index < -0.39 is 5.91 Å². The van der Waals surface area contributed by atoms with Crippen LogP contribution in [-0.2, 0) is 0 Å². The van der Waals surface area contributed by atoms with Gasteiger partial charge in [-0.15, -0.1) is 0 Å².